The lowest BCUT2D eigenvalue weighted by Crippen LogP contribution is -2.11. The SMILES string of the molecule is COC(=O)c1cc(N)c(NN)cn1. The van der Waals surface area contributed by atoms with Gasteiger partial charge >= 0.3 is 5.97 Å². The van der Waals surface area contributed by atoms with E-state index in [0.29, 0.717) is 11.4 Å². The fourth-order valence-corrected chi connectivity index (χ4v) is 0.808. The molecule has 13 heavy (non-hydrogen) atoms. The van der Waals surface area contributed by atoms with Gasteiger partial charge in [0.05, 0.1) is 24.7 Å². The van der Waals surface area contributed by atoms with Gasteiger partial charge in [-0.1, -0.05) is 0 Å². The molecule has 0 saturated carbocycles. The van der Waals surface area contributed by atoms with Gasteiger partial charge in [0, 0.05) is 0 Å². The zero-order valence-corrected chi connectivity index (χ0v) is 7.07. The lowest BCUT2D eigenvalue weighted by molar-refractivity contribution is 0.0594. The summed E-state index contributed by atoms with van der Waals surface area (Å²) in [6.07, 6.45) is 1.36. The summed E-state index contributed by atoms with van der Waals surface area (Å²) in [6.45, 7) is 0. The molecule has 1 aromatic heterocycles. The molecule has 0 radical (unpaired) electrons. The van der Waals surface area contributed by atoms with Crippen LogP contribution in [0.3, 0.4) is 0 Å². The van der Waals surface area contributed by atoms with Crippen molar-refractivity contribution in [2.45, 2.75) is 0 Å². The smallest absolute Gasteiger partial charge is 0.356 e. The highest BCUT2D eigenvalue weighted by molar-refractivity contribution is 5.89. The first-order chi connectivity index (χ1) is 6.19. The van der Waals surface area contributed by atoms with Crippen molar-refractivity contribution in [3.05, 3.63) is 18.0 Å². The van der Waals surface area contributed by atoms with Crippen molar-refractivity contribution in [1.82, 2.24) is 4.98 Å². The molecule has 1 heterocycles. The number of nitrogen functional groups attached to an aromatic ring is 2. The van der Waals surface area contributed by atoms with Crippen molar-refractivity contribution in [2.24, 2.45) is 5.84 Å². The highest BCUT2D eigenvalue weighted by Crippen LogP contribution is 2.16. The van der Waals surface area contributed by atoms with E-state index in [0.717, 1.165) is 0 Å². The number of carbonyl (C=O) groups is 1. The van der Waals surface area contributed by atoms with Gasteiger partial charge < -0.3 is 15.9 Å². The van der Waals surface area contributed by atoms with E-state index in [-0.39, 0.29) is 5.69 Å². The van der Waals surface area contributed by atoms with E-state index in [1.165, 1.54) is 19.4 Å². The van der Waals surface area contributed by atoms with E-state index in [2.05, 4.69) is 15.1 Å². The number of hydrogen-bond donors (Lipinski definition) is 3. The number of ether oxygens (including phenoxy) is 1. The van der Waals surface area contributed by atoms with Crippen molar-refractivity contribution in [3.63, 3.8) is 0 Å². The number of hydrogen-bond acceptors (Lipinski definition) is 6. The predicted octanol–water partition coefficient (Wildman–Crippen LogP) is -0.264. The molecule has 0 atom stereocenters. The van der Waals surface area contributed by atoms with Crippen molar-refractivity contribution in [1.29, 1.82) is 0 Å². The van der Waals surface area contributed by atoms with Gasteiger partial charge in [-0.25, -0.2) is 9.78 Å². The lowest BCUT2D eigenvalue weighted by Gasteiger charge is -2.04. The second kappa shape index (κ2) is 3.72. The summed E-state index contributed by atoms with van der Waals surface area (Å²) in [4.78, 5) is 14.8. The molecule has 5 N–H and O–H groups in total. The van der Waals surface area contributed by atoms with Crippen molar-refractivity contribution in [3.8, 4) is 0 Å². The fourth-order valence-electron chi connectivity index (χ4n) is 0.808. The largest absolute Gasteiger partial charge is 0.464 e. The van der Waals surface area contributed by atoms with Crippen LogP contribution < -0.4 is 17.0 Å². The van der Waals surface area contributed by atoms with E-state index < -0.39 is 5.97 Å². The number of anilines is 2. The van der Waals surface area contributed by atoms with Crippen molar-refractivity contribution >= 4 is 17.3 Å². The van der Waals surface area contributed by atoms with E-state index in [1.807, 2.05) is 0 Å². The average molecular weight is 182 g/mol. The van der Waals surface area contributed by atoms with Crippen LogP contribution in [0.15, 0.2) is 12.3 Å². The predicted molar refractivity (Wildman–Crippen MR) is 47.8 cm³/mol. The Morgan fingerprint density at radius 1 is 1.69 bits per heavy atom. The first kappa shape index (κ1) is 9.27. The number of rotatable bonds is 2. The van der Waals surface area contributed by atoms with E-state index in [9.17, 15) is 4.79 Å². The van der Waals surface area contributed by atoms with Crippen LogP contribution in [0.4, 0.5) is 11.4 Å². The molecule has 6 heteroatoms. The number of esters is 1. The van der Waals surface area contributed by atoms with Crippen LogP contribution >= 0.6 is 0 Å². The number of carbonyl (C=O) groups excluding carboxylic acids is 1. The fraction of sp³-hybridized carbons (Fsp3) is 0.143. The van der Waals surface area contributed by atoms with Crippen LogP contribution in [0.25, 0.3) is 0 Å². The van der Waals surface area contributed by atoms with Crippen LogP contribution in [-0.2, 0) is 4.74 Å². The van der Waals surface area contributed by atoms with Crippen LogP contribution in [0.2, 0.25) is 0 Å². The minimum absolute atomic E-state index is 0.152. The minimum Gasteiger partial charge on any atom is -0.464 e. The molecule has 0 bridgehead atoms. The van der Waals surface area contributed by atoms with Crippen molar-refractivity contribution < 1.29 is 9.53 Å². The number of methoxy groups -OCH3 is 1. The van der Waals surface area contributed by atoms with Gasteiger partial charge in [0.2, 0.25) is 0 Å². The summed E-state index contributed by atoms with van der Waals surface area (Å²) in [6, 6.07) is 1.39. The van der Waals surface area contributed by atoms with Gasteiger partial charge in [-0.05, 0) is 6.07 Å². The third-order valence-corrected chi connectivity index (χ3v) is 1.49. The molecule has 70 valence electrons. The molecule has 1 rings (SSSR count). The number of nitrogens with one attached hydrogen (secondary N) is 1. The Morgan fingerprint density at radius 3 is 2.85 bits per heavy atom. The molecule has 0 spiro atoms. The number of nitrogens with zero attached hydrogens (tertiary/aromatic N) is 1. The van der Waals surface area contributed by atoms with E-state index >= 15 is 0 Å². The summed E-state index contributed by atoms with van der Waals surface area (Å²) in [5, 5.41) is 0. The molecule has 0 aliphatic carbocycles. The molecule has 0 aromatic carbocycles. The van der Waals surface area contributed by atoms with E-state index in [1.54, 1.807) is 0 Å². The van der Waals surface area contributed by atoms with Gasteiger partial charge in [-0.2, -0.15) is 0 Å². The molecule has 1 aromatic rings. The van der Waals surface area contributed by atoms with Gasteiger partial charge in [-0.3, -0.25) is 5.84 Å². The minimum atomic E-state index is -0.532. The topological polar surface area (TPSA) is 103 Å². The summed E-state index contributed by atoms with van der Waals surface area (Å²) in [5.74, 6) is 4.59. The molecule has 0 unspecified atom stereocenters. The third kappa shape index (κ3) is 1.85. The Kier molecular flexibility index (Phi) is 2.65. The maximum atomic E-state index is 11.0. The van der Waals surface area contributed by atoms with Crippen LogP contribution in [0.1, 0.15) is 10.5 Å². The standard InChI is InChI=1S/C7H10N4O2/c1-13-7(12)5-2-4(8)6(11-9)3-10-5/h2-3,11H,9H2,1H3,(H2,8,10). The maximum Gasteiger partial charge on any atom is 0.356 e. The highest BCUT2D eigenvalue weighted by atomic mass is 16.5. The summed E-state index contributed by atoms with van der Waals surface area (Å²) >= 11 is 0. The first-order valence-corrected chi connectivity index (χ1v) is 3.49. The Bertz CT molecular complexity index is 326. The van der Waals surface area contributed by atoms with Crippen LogP contribution in [0.5, 0.6) is 0 Å². The number of aromatic nitrogens is 1. The molecule has 6 nitrogen and oxygen atoms in total. The van der Waals surface area contributed by atoms with Gasteiger partial charge in [0.1, 0.15) is 0 Å². The molecule has 0 amide bonds. The molecule has 0 fully saturated rings. The van der Waals surface area contributed by atoms with Crippen molar-refractivity contribution in [2.75, 3.05) is 18.3 Å². The van der Waals surface area contributed by atoms with Gasteiger partial charge in [0.25, 0.3) is 0 Å². The Labute approximate surface area is 74.9 Å². The second-order valence-corrected chi connectivity index (χ2v) is 2.29. The number of pyridine rings is 1. The monoisotopic (exact) mass is 182 g/mol. The molecule has 0 saturated heterocycles. The Balaban J connectivity index is 3.02. The lowest BCUT2D eigenvalue weighted by atomic mass is 10.3. The first-order valence-electron chi connectivity index (χ1n) is 3.49. The molecular formula is C7H10N4O2. The molecular weight excluding hydrogens is 172 g/mol. The third-order valence-electron chi connectivity index (χ3n) is 1.49. The van der Waals surface area contributed by atoms with Crippen LogP contribution in [-0.4, -0.2) is 18.1 Å². The second-order valence-electron chi connectivity index (χ2n) is 2.29. The zero-order chi connectivity index (χ0) is 9.84. The highest BCUT2D eigenvalue weighted by Gasteiger charge is 2.08. The maximum absolute atomic E-state index is 11.0. The van der Waals surface area contributed by atoms with Gasteiger partial charge in [-0.15, -0.1) is 0 Å². The summed E-state index contributed by atoms with van der Waals surface area (Å²) in [5.41, 5.74) is 8.84. The molecule has 0 aliphatic heterocycles. The quantitative estimate of drug-likeness (QED) is 0.330. The summed E-state index contributed by atoms with van der Waals surface area (Å²) in [7, 11) is 1.27. The number of nitrogens with two attached hydrogens (primary N) is 2. The van der Waals surface area contributed by atoms with E-state index in [4.69, 9.17) is 11.6 Å². The number of hydrazine groups is 1. The summed E-state index contributed by atoms with van der Waals surface area (Å²) < 4.78 is 4.46. The normalized spacial score (nSPS) is 9.38. The van der Waals surface area contributed by atoms with Gasteiger partial charge in [0.15, 0.2) is 5.69 Å². The van der Waals surface area contributed by atoms with Crippen LogP contribution in [0, 0.1) is 0 Å². The average Bonchev–Trinajstić information content (AvgIpc) is 2.16. The Morgan fingerprint density at radius 2 is 2.38 bits per heavy atom. The molecule has 0 aliphatic rings. The zero-order valence-electron chi connectivity index (χ0n) is 7.07. The Hall–Kier alpha value is -1.82.